The molecular weight excluding hydrogens is 268 g/mol. The van der Waals surface area contributed by atoms with Crippen LogP contribution in [0.25, 0.3) is 0 Å². The Kier molecular flexibility index (Phi) is 5.55. The SMILES string of the molecule is CCCOc1nc(NN)nc(NC2CC(C)CC(C)C2)n1. The molecule has 4 N–H and O–H groups in total. The highest BCUT2D eigenvalue weighted by molar-refractivity contribution is 5.35. The highest BCUT2D eigenvalue weighted by atomic mass is 16.5. The number of aromatic nitrogens is 3. The van der Waals surface area contributed by atoms with Crippen LogP contribution in [0, 0.1) is 11.8 Å². The lowest BCUT2D eigenvalue weighted by Gasteiger charge is -2.31. The molecule has 0 aromatic carbocycles. The molecule has 1 aromatic heterocycles. The van der Waals surface area contributed by atoms with Crippen LogP contribution in [0.1, 0.15) is 46.5 Å². The molecule has 1 aliphatic carbocycles. The number of nitrogens with zero attached hydrogens (tertiary/aromatic N) is 3. The van der Waals surface area contributed by atoms with E-state index in [0.717, 1.165) is 31.1 Å². The van der Waals surface area contributed by atoms with E-state index < -0.39 is 0 Å². The summed E-state index contributed by atoms with van der Waals surface area (Å²) in [5.41, 5.74) is 2.46. The van der Waals surface area contributed by atoms with E-state index in [4.69, 9.17) is 10.6 Å². The first kappa shape index (κ1) is 15.8. The van der Waals surface area contributed by atoms with Crippen LogP contribution in [0.15, 0.2) is 0 Å². The summed E-state index contributed by atoms with van der Waals surface area (Å²) in [5.74, 6) is 7.68. The Morgan fingerprint density at radius 2 is 1.76 bits per heavy atom. The summed E-state index contributed by atoms with van der Waals surface area (Å²) in [5, 5.41) is 3.40. The van der Waals surface area contributed by atoms with E-state index in [1.54, 1.807) is 0 Å². The summed E-state index contributed by atoms with van der Waals surface area (Å²) in [6, 6.07) is 0.690. The molecule has 118 valence electrons. The van der Waals surface area contributed by atoms with E-state index in [-0.39, 0.29) is 0 Å². The Balaban J connectivity index is 2.07. The van der Waals surface area contributed by atoms with Gasteiger partial charge in [0.25, 0.3) is 0 Å². The summed E-state index contributed by atoms with van der Waals surface area (Å²) in [6.07, 6.45) is 4.45. The van der Waals surface area contributed by atoms with Crippen molar-refractivity contribution < 1.29 is 4.74 Å². The van der Waals surface area contributed by atoms with Gasteiger partial charge in [-0.3, -0.25) is 5.43 Å². The number of hydrazine groups is 1. The number of ether oxygens (including phenoxy) is 1. The minimum Gasteiger partial charge on any atom is -0.463 e. The molecule has 2 atom stereocenters. The van der Waals surface area contributed by atoms with Crippen molar-refractivity contribution in [2.45, 2.75) is 52.5 Å². The number of anilines is 2. The van der Waals surface area contributed by atoms with Gasteiger partial charge >= 0.3 is 6.01 Å². The first-order chi connectivity index (χ1) is 10.1. The molecule has 0 amide bonds. The van der Waals surface area contributed by atoms with Crippen LogP contribution in [-0.2, 0) is 0 Å². The van der Waals surface area contributed by atoms with Crippen LogP contribution < -0.4 is 21.3 Å². The van der Waals surface area contributed by atoms with Gasteiger partial charge in [-0.05, 0) is 37.5 Å². The van der Waals surface area contributed by atoms with E-state index in [9.17, 15) is 0 Å². The van der Waals surface area contributed by atoms with E-state index in [2.05, 4.69) is 39.5 Å². The van der Waals surface area contributed by atoms with Crippen LogP contribution >= 0.6 is 0 Å². The fourth-order valence-electron chi connectivity index (χ4n) is 2.99. The van der Waals surface area contributed by atoms with Gasteiger partial charge in [0.2, 0.25) is 11.9 Å². The second-order valence-electron chi connectivity index (χ2n) is 6.02. The number of hydrogen-bond acceptors (Lipinski definition) is 7. The predicted molar refractivity (Wildman–Crippen MR) is 83.0 cm³/mol. The number of nitrogen functional groups attached to an aromatic ring is 1. The Morgan fingerprint density at radius 3 is 2.38 bits per heavy atom. The molecular formula is C14H26N6O. The molecule has 1 heterocycles. The van der Waals surface area contributed by atoms with Crippen LogP contribution in [0.3, 0.4) is 0 Å². The Hall–Kier alpha value is -1.63. The van der Waals surface area contributed by atoms with Gasteiger partial charge in [0.1, 0.15) is 0 Å². The standard InChI is InChI=1S/C14H26N6O/c1-4-5-21-14-18-12(17-13(19-14)20-15)16-11-7-9(2)6-10(3)8-11/h9-11H,4-8,15H2,1-3H3,(H2,16,17,18,19,20). The summed E-state index contributed by atoms with van der Waals surface area (Å²) >= 11 is 0. The Bertz CT molecular complexity index is 445. The highest BCUT2D eigenvalue weighted by Crippen LogP contribution is 2.30. The topological polar surface area (TPSA) is 98.0 Å². The smallest absolute Gasteiger partial charge is 0.323 e. The average molecular weight is 294 g/mol. The summed E-state index contributed by atoms with van der Waals surface area (Å²) in [7, 11) is 0. The van der Waals surface area contributed by atoms with Crippen LogP contribution in [0.2, 0.25) is 0 Å². The largest absolute Gasteiger partial charge is 0.463 e. The van der Waals surface area contributed by atoms with E-state index in [1.807, 2.05) is 6.92 Å². The fourth-order valence-corrected chi connectivity index (χ4v) is 2.99. The second-order valence-corrected chi connectivity index (χ2v) is 6.02. The molecule has 0 radical (unpaired) electrons. The van der Waals surface area contributed by atoms with Crippen molar-refractivity contribution in [3.05, 3.63) is 0 Å². The molecule has 21 heavy (non-hydrogen) atoms. The normalized spacial score (nSPS) is 25.4. The zero-order valence-electron chi connectivity index (χ0n) is 13.1. The van der Waals surface area contributed by atoms with E-state index in [1.165, 1.54) is 6.42 Å². The van der Waals surface area contributed by atoms with Crippen molar-refractivity contribution in [1.82, 2.24) is 15.0 Å². The van der Waals surface area contributed by atoms with Gasteiger partial charge in [0, 0.05) is 6.04 Å². The third-order valence-corrected chi connectivity index (χ3v) is 3.69. The minimum absolute atomic E-state index is 0.305. The van der Waals surface area contributed by atoms with Crippen molar-refractivity contribution in [2.75, 3.05) is 17.3 Å². The van der Waals surface area contributed by atoms with Crippen molar-refractivity contribution in [1.29, 1.82) is 0 Å². The number of rotatable bonds is 6. The third kappa shape index (κ3) is 4.70. The predicted octanol–water partition coefficient (Wildman–Crippen LogP) is 2.18. The van der Waals surface area contributed by atoms with E-state index >= 15 is 0 Å². The molecule has 2 unspecified atom stereocenters. The molecule has 1 aromatic rings. The molecule has 0 aliphatic heterocycles. The van der Waals surface area contributed by atoms with Gasteiger partial charge in [-0.2, -0.15) is 15.0 Å². The number of hydrogen-bond donors (Lipinski definition) is 3. The maximum atomic E-state index is 5.47. The lowest BCUT2D eigenvalue weighted by atomic mass is 9.80. The summed E-state index contributed by atoms with van der Waals surface area (Å²) < 4.78 is 5.47. The first-order valence-electron chi connectivity index (χ1n) is 7.72. The Morgan fingerprint density at radius 1 is 1.10 bits per heavy atom. The number of nitrogens with one attached hydrogen (secondary N) is 2. The molecule has 0 saturated heterocycles. The van der Waals surface area contributed by atoms with Crippen LogP contribution in [0.4, 0.5) is 11.9 Å². The molecule has 1 fully saturated rings. The number of nitrogens with two attached hydrogens (primary N) is 1. The van der Waals surface area contributed by atoms with Gasteiger partial charge in [-0.15, -0.1) is 0 Å². The van der Waals surface area contributed by atoms with Crippen LogP contribution in [0.5, 0.6) is 6.01 Å². The maximum Gasteiger partial charge on any atom is 0.323 e. The van der Waals surface area contributed by atoms with Crippen molar-refractivity contribution >= 4 is 11.9 Å². The highest BCUT2D eigenvalue weighted by Gasteiger charge is 2.24. The Labute approximate surface area is 126 Å². The van der Waals surface area contributed by atoms with Gasteiger partial charge < -0.3 is 10.1 Å². The van der Waals surface area contributed by atoms with E-state index in [0.29, 0.717) is 30.6 Å². The van der Waals surface area contributed by atoms with Gasteiger partial charge in [-0.1, -0.05) is 20.8 Å². The van der Waals surface area contributed by atoms with Gasteiger partial charge in [0.05, 0.1) is 6.61 Å². The molecule has 0 spiro atoms. The minimum atomic E-state index is 0.305. The van der Waals surface area contributed by atoms with Gasteiger partial charge in [-0.25, -0.2) is 5.84 Å². The monoisotopic (exact) mass is 294 g/mol. The lowest BCUT2D eigenvalue weighted by molar-refractivity contribution is 0.278. The van der Waals surface area contributed by atoms with Gasteiger partial charge in [0.15, 0.2) is 0 Å². The zero-order valence-corrected chi connectivity index (χ0v) is 13.1. The van der Waals surface area contributed by atoms with Crippen molar-refractivity contribution in [3.8, 4) is 6.01 Å². The molecule has 1 aliphatic rings. The lowest BCUT2D eigenvalue weighted by Crippen LogP contribution is -2.31. The van der Waals surface area contributed by atoms with Crippen LogP contribution in [-0.4, -0.2) is 27.6 Å². The molecule has 1 saturated carbocycles. The quantitative estimate of drug-likeness (QED) is 0.546. The molecule has 2 rings (SSSR count). The molecule has 7 nitrogen and oxygen atoms in total. The molecule has 0 bridgehead atoms. The molecule has 7 heteroatoms. The summed E-state index contributed by atoms with van der Waals surface area (Å²) in [6.45, 7) is 7.19. The van der Waals surface area contributed by atoms with Crippen molar-refractivity contribution in [3.63, 3.8) is 0 Å². The second kappa shape index (κ2) is 7.40. The summed E-state index contributed by atoms with van der Waals surface area (Å²) in [4.78, 5) is 12.7. The van der Waals surface area contributed by atoms with Crippen molar-refractivity contribution in [2.24, 2.45) is 17.7 Å². The first-order valence-corrected chi connectivity index (χ1v) is 7.72. The fraction of sp³-hybridized carbons (Fsp3) is 0.786. The average Bonchev–Trinajstić information content (AvgIpc) is 2.43. The zero-order chi connectivity index (χ0) is 15.2. The maximum absolute atomic E-state index is 5.47. The third-order valence-electron chi connectivity index (χ3n) is 3.69.